The van der Waals surface area contributed by atoms with E-state index in [0.29, 0.717) is 26.4 Å². The summed E-state index contributed by atoms with van der Waals surface area (Å²) in [6.45, 7) is 3.23. The highest BCUT2D eigenvalue weighted by Gasteiger charge is 2.34. The van der Waals surface area contributed by atoms with Crippen LogP contribution >= 0.6 is 0 Å². The molecule has 2 aliphatic rings. The zero-order valence-electron chi connectivity index (χ0n) is 12.0. The van der Waals surface area contributed by atoms with Crippen LogP contribution in [0.2, 0.25) is 0 Å². The molecule has 3 heterocycles. The summed E-state index contributed by atoms with van der Waals surface area (Å²) in [4.78, 5) is 14.7. The number of aryl methyl sites for hydroxylation is 1. The van der Waals surface area contributed by atoms with Crippen LogP contribution in [0.3, 0.4) is 0 Å². The van der Waals surface area contributed by atoms with Gasteiger partial charge in [-0.25, -0.2) is 0 Å². The molecule has 0 N–H and O–H groups in total. The lowest BCUT2D eigenvalue weighted by Gasteiger charge is -2.38. The van der Waals surface area contributed by atoms with Crippen molar-refractivity contribution < 1.29 is 14.3 Å². The molecule has 2 saturated heterocycles. The van der Waals surface area contributed by atoms with Crippen molar-refractivity contribution in [1.82, 2.24) is 9.47 Å². The average Bonchev–Trinajstić information content (AvgIpc) is 2.93. The van der Waals surface area contributed by atoms with Gasteiger partial charge in [-0.2, -0.15) is 0 Å². The van der Waals surface area contributed by atoms with Crippen LogP contribution < -0.4 is 0 Å². The molecule has 0 radical (unpaired) electrons. The first kappa shape index (κ1) is 13.6. The van der Waals surface area contributed by atoms with E-state index < -0.39 is 0 Å². The lowest BCUT2D eigenvalue weighted by molar-refractivity contribution is -0.149. The van der Waals surface area contributed by atoms with Crippen LogP contribution in [0.25, 0.3) is 0 Å². The molecule has 5 nitrogen and oxygen atoms in total. The van der Waals surface area contributed by atoms with Gasteiger partial charge in [-0.15, -0.1) is 0 Å². The predicted molar refractivity (Wildman–Crippen MR) is 74.2 cm³/mol. The molecule has 2 aliphatic heterocycles. The van der Waals surface area contributed by atoms with Crippen molar-refractivity contribution in [1.29, 1.82) is 0 Å². The molecule has 2 atom stereocenters. The summed E-state index contributed by atoms with van der Waals surface area (Å²) in [6.07, 6.45) is 3.93. The third kappa shape index (κ3) is 2.60. The predicted octanol–water partition coefficient (Wildman–Crippen LogP) is 1.35. The van der Waals surface area contributed by atoms with Crippen LogP contribution in [0, 0.1) is 5.92 Å². The molecule has 0 aromatic carbocycles. The summed E-state index contributed by atoms with van der Waals surface area (Å²) in [5.41, 5.74) is 1.13. The van der Waals surface area contributed by atoms with E-state index >= 15 is 0 Å². The maximum Gasteiger partial charge on any atom is 0.228 e. The monoisotopic (exact) mass is 278 g/mol. The number of carbonyl (C=O) groups is 1. The Balaban J connectivity index is 1.78. The molecule has 0 bridgehead atoms. The smallest absolute Gasteiger partial charge is 0.228 e. The largest absolute Gasteiger partial charge is 0.381 e. The molecule has 0 unspecified atom stereocenters. The highest BCUT2D eigenvalue weighted by atomic mass is 16.5. The van der Waals surface area contributed by atoms with Gasteiger partial charge in [-0.1, -0.05) is 0 Å². The molecule has 20 heavy (non-hydrogen) atoms. The highest BCUT2D eigenvalue weighted by molar-refractivity contribution is 5.79. The van der Waals surface area contributed by atoms with Crippen LogP contribution in [0.5, 0.6) is 0 Å². The maximum absolute atomic E-state index is 12.8. The molecule has 2 fully saturated rings. The third-order valence-corrected chi connectivity index (χ3v) is 4.25. The molecular formula is C15H22N2O3. The van der Waals surface area contributed by atoms with Crippen LogP contribution in [0.1, 0.15) is 24.6 Å². The van der Waals surface area contributed by atoms with Crippen molar-refractivity contribution in [3.05, 3.63) is 24.0 Å². The lowest BCUT2D eigenvalue weighted by atomic mass is 9.99. The summed E-state index contributed by atoms with van der Waals surface area (Å²) in [5, 5.41) is 0. The van der Waals surface area contributed by atoms with Gasteiger partial charge in [-0.05, 0) is 25.0 Å². The Hall–Kier alpha value is -1.33. The Labute approximate surface area is 119 Å². The van der Waals surface area contributed by atoms with Gasteiger partial charge >= 0.3 is 0 Å². The van der Waals surface area contributed by atoms with Crippen molar-refractivity contribution in [2.45, 2.75) is 18.9 Å². The van der Waals surface area contributed by atoms with E-state index in [1.807, 2.05) is 24.2 Å². The normalized spacial score (nSPS) is 27.6. The van der Waals surface area contributed by atoms with Crippen LogP contribution in [-0.4, -0.2) is 48.3 Å². The Kier molecular flexibility index (Phi) is 4.08. The quantitative estimate of drug-likeness (QED) is 0.820. The number of amides is 1. The standard InChI is InChI=1S/C15H22N2O3/c1-16-6-2-5-13(16)14-11-20-9-7-17(14)15(18)12-4-3-8-19-10-12/h2,5-6,12,14H,3-4,7-11H2,1H3/t12-,14-/m1/s1. The Morgan fingerprint density at radius 3 is 2.85 bits per heavy atom. The average molecular weight is 278 g/mol. The van der Waals surface area contributed by atoms with E-state index in [2.05, 4.69) is 10.6 Å². The number of aromatic nitrogens is 1. The van der Waals surface area contributed by atoms with Crippen LogP contribution in [0.4, 0.5) is 0 Å². The third-order valence-electron chi connectivity index (χ3n) is 4.25. The second kappa shape index (κ2) is 5.97. The first-order chi connectivity index (χ1) is 9.77. The van der Waals surface area contributed by atoms with Gasteiger partial charge in [0.25, 0.3) is 0 Å². The number of nitrogens with zero attached hydrogens (tertiary/aromatic N) is 2. The summed E-state index contributed by atoms with van der Waals surface area (Å²) >= 11 is 0. The number of hydrogen-bond donors (Lipinski definition) is 0. The molecule has 0 spiro atoms. The maximum atomic E-state index is 12.8. The van der Waals surface area contributed by atoms with Crippen molar-refractivity contribution in [2.24, 2.45) is 13.0 Å². The minimum absolute atomic E-state index is 0.0182. The zero-order chi connectivity index (χ0) is 13.9. The van der Waals surface area contributed by atoms with Crippen molar-refractivity contribution in [3.8, 4) is 0 Å². The van der Waals surface area contributed by atoms with Crippen molar-refractivity contribution >= 4 is 5.91 Å². The molecule has 110 valence electrons. The molecule has 1 aromatic rings. The summed E-state index contributed by atoms with van der Waals surface area (Å²) in [6, 6.07) is 4.10. The van der Waals surface area contributed by atoms with Crippen molar-refractivity contribution in [3.63, 3.8) is 0 Å². The van der Waals surface area contributed by atoms with Gasteiger partial charge in [0.2, 0.25) is 5.91 Å². The topological polar surface area (TPSA) is 43.7 Å². The molecule has 5 heteroatoms. The van der Waals surface area contributed by atoms with Crippen molar-refractivity contribution in [2.75, 3.05) is 33.0 Å². The van der Waals surface area contributed by atoms with E-state index in [0.717, 1.165) is 25.1 Å². The number of carbonyl (C=O) groups excluding carboxylic acids is 1. The first-order valence-corrected chi connectivity index (χ1v) is 7.34. The Morgan fingerprint density at radius 2 is 2.15 bits per heavy atom. The van der Waals surface area contributed by atoms with E-state index in [1.165, 1.54) is 0 Å². The fraction of sp³-hybridized carbons (Fsp3) is 0.667. The number of hydrogen-bond acceptors (Lipinski definition) is 3. The molecular weight excluding hydrogens is 256 g/mol. The van der Waals surface area contributed by atoms with Gasteiger partial charge in [0.15, 0.2) is 0 Å². The van der Waals surface area contributed by atoms with E-state index in [-0.39, 0.29) is 17.9 Å². The molecule has 1 aromatic heterocycles. The summed E-state index contributed by atoms with van der Waals surface area (Å²) < 4.78 is 13.1. The first-order valence-electron chi connectivity index (χ1n) is 7.34. The second-order valence-electron chi connectivity index (χ2n) is 5.58. The second-order valence-corrected chi connectivity index (χ2v) is 5.58. The molecule has 0 saturated carbocycles. The van der Waals surface area contributed by atoms with E-state index in [1.54, 1.807) is 0 Å². The highest BCUT2D eigenvalue weighted by Crippen LogP contribution is 2.27. The van der Waals surface area contributed by atoms with Gasteiger partial charge in [0, 0.05) is 32.1 Å². The number of rotatable bonds is 2. The van der Waals surface area contributed by atoms with E-state index in [9.17, 15) is 4.79 Å². The molecule has 0 aliphatic carbocycles. The van der Waals surface area contributed by atoms with Gasteiger partial charge < -0.3 is 18.9 Å². The molecule has 3 rings (SSSR count). The van der Waals surface area contributed by atoms with Crippen LogP contribution in [0.15, 0.2) is 18.3 Å². The summed E-state index contributed by atoms with van der Waals surface area (Å²) in [7, 11) is 2.01. The minimum atomic E-state index is 0.0182. The van der Waals surface area contributed by atoms with Gasteiger partial charge in [0.1, 0.15) is 0 Å². The molecule has 1 amide bonds. The fourth-order valence-electron chi connectivity index (χ4n) is 3.10. The van der Waals surface area contributed by atoms with E-state index in [4.69, 9.17) is 9.47 Å². The SMILES string of the molecule is Cn1cccc1[C@H]1COCCN1C(=O)[C@@H]1CCCOC1. The van der Waals surface area contributed by atoms with Crippen LogP contribution in [-0.2, 0) is 21.3 Å². The minimum Gasteiger partial charge on any atom is -0.381 e. The number of morpholine rings is 1. The van der Waals surface area contributed by atoms with Gasteiger partial charge in [0.05, 0.1) is 31.8 Å². The number of ether oxygens (including phenoxy) is 2. The zero-order valence-corrected chi connectivity index (χ0v) is 12.0. The summed E-state index contributed by atoms with van der Waals surface area (Å²) in [5.74, 6) is 0.240. The Bertz CT molecular complexity index is 465. The fourth-order valence-corrected chi connectivity index (χ4v) is 3.10. The lowest BCUT2D eigenvalue weighted by Crippen LogP contribution is -2.47. The van der Waals surface area contributed by atoms with Gasteiger partial charge in [-0.3, -0.25) is 4.79 Å². The Morgan fingerprint density at radius 1 is 1.30 bits per heavy atom.